The molecule has 0 unspecified atom stereocenters. The topological polar surface area (TPSA) is 73.2 Å². The number of carbonyl (C=O) groups is 2. The summed E-state index contributed by atoms with van der Waals surface area (Å²) in [6.45, 7) is 5.25. The SMILES string of the molecule is CC(=O)Oc1c(-c2ccc(NC(=O)c3ccc(Cl)cc3)cc2)c(-c2ccc(F)cc2)nn1-c1cc(C)ccc1C. The second-order valence-corrected chi connectivity index (χ2v) is 9.81. The molecule has 0 aliphatic rings. The van der Waals surface area contributed by atoms with Crippen molar-refractivity contribution in [3.8, 4) is 34.0 Å². The lowest BCUT2D eigenvalue weighted by Gasteiger charge is -2.12. The van der Waals surface area contributed by atoms with Crippen molar-refractivity contribution >= 4 is 29.2 Å². The lowest BCUT2D eigenvalue weighted by molar-refractivity contribution is -0.132. The van der Waals surface area contributed by atoms with Gasteiger partial charge in [0.05, 0.1) is 11.3 Å². The molecule has 1 aromatic heterocycles. The summed E-state index contributed by atoms with van der Waals surface area (Å²) in [6.07, 6.45) is 0. The molecule has 0 saturated carbocycles. The van der Waals surface area contributed by atoms with Crippen LogP contribution in [0.4, 0.5) is 10.1 Å². The molecule has 1 heterocycles. The largest absolute Gasteiger partial charge is 0.407 e. The minimum absolute atomic E-state index is 0.235. The van der Waals surface area contributed by atoms with E-state index in [4.69, 9.17) is 21.4 Å². The molecule has 0 spiro atoms. The fraction of sp³-hybridized carbons (Fsp3) is 0.0938. The van der Waals surface area contributed by atoms with E-state index >= 15 is 0 Å². The summed E-state index contributed by atoms with van der Waals surface area (Å²) in [5.74, 6) is -0.927. The van der Waals surface area contributed by atoms with Crippen LogP contribution in [0.25, 0.3) is 28.1 Å². The Labute approximate surface area is 236 Å². The number of amides is 1. The van der Waals surface area contributed by atoms with Gasteiger partial charge in [0, 0.05) is 28.8 Å². The lowest BCUT2D eigenvalue weighted by Crippen LogP contribution is -2.11. The average Bonchev–Trinajstić information content (AvgIpc) is 3.29. The maximum atomic E-state index is 13.8. The fourth-order valence-electron chi connectivity index (χ4n) is 4.34. The smallest absolute Gasteiger partial charge is 0.309 e. The highest BCUT2D eigenvalue weighted by Gasteiger charge is 2.25. The van der Waals surface area contributed by atoms with Crippen LogP contribution in [0.1, 0.15) is 28.4 Å². The van der Waals surface area contributed by atoms with Crippen LogP contribution in [0, 0.1) is 19.7 Å². The van der Waals surface area contributed by atoms with E-state index < -0.39 is 5.97 Å². The van der Waals surface area contributed by atoms with Crippen molar-refractivity contribution in [2.45, 2.75) is 20.8 Å². The molecule has 5 aromatic rings. The first-order valence-corrected chi connectivity index (χ1v) is 12.9. The van der Waals surface area contributed by atoms with Gasteiger partial charge in [-0.2, -0.15) is 9.78 Å². The number of nitrogens with one attached hydrogen (secondary N) is 1. The maximum Gasteiger partial charge on any atom is 0.309 e. The summed E-state index contributed by atoms with van der Waals surface area (Å²) in [5.41, 5.74) is 6.13. The number of benzene rings is 4. The fourth-order valence-corrected chi connectivity index (χ4v) is 4.46. The number of hydrogen-bond acceptors (Lipinski definition) is 4. The molecule has 0 bridgehead atoms. The number of aromatic nitrogens is 2. The van der Waals surface area contributed by atoms with Crippen LogP contribution in [0.3, 0.4) is 0 Å². The Morgan fingerprint density at radius 1 is 0.875 bits per heavy atom. The third-order valence-corrected chi connectivity index (χ3v) is 6.58. The van der Waals surface area contributed by atoms with Crippen LogP contribution in [-0.4, -0.2) is 21.7 Å². The molecule has 0 aliphatic carbocycles. The molecule has 8 heteroatoms. The summed E-state index contributed by atoms with van der Waals surface area (Å²) >= 11 is 5.93. The highest BCUT2D eigenvalue weighted by Crippen LogP contribution is 2.41. The molecule has 40 heavy (non-hydrogen) atoms. The zero-order chi connectivity index (χ0) is 28.4. The van der Waals surface area contributed by atoms with Crippen LogP contribution in [0.5, 0.6) is 5.88 Å². The van der Waals surface area contributed by atoms with E-state index in [2.05, 4.69) is 5.32 Å². The van der Waals surface area contributed by atoms with Gasteiger partial charge in [-0.3, -0.25) is 9.59 Å². The van der Waals surface area contributed by atoms with Gasteiger partial charge in [0.25, 0.3) is 5.91 Å². The van der Waals surface area contributed by atoms with Gasteiger partial charge in [-0.05, 0) is 97.3 Å². The number of ether oxygens (including phenoxy) is 1. The number of halogens is 2. The number of nitrogens with zero attached hydrogens (tertiary/aromatic N) is 2. The van der Waals surface area contributed by atoms with Crippen LogP contribution in [0.2, 0.25) is 5.02 Å². The summed E-state index contributed by atoms with van der Waals surface area (Å²) in [6, 6.07) is 25.6. The van der Waals surface area contributed by atoms with Crippen LogP contribution >= 0.6 is 11.6 Å². The number of aryl methyl sites for hydroxylation is 2. The van der Waals surface area contributed by atoms with E-state index in [-0.39, 0.29) is 17.6 Å². The van der Waals surface area contributed by atoms with Crippen molar-refractivity contribution in [3.05, 3.63) is 119 Å². The van der Waals surface area contributed by atoms with Crippen LogP contribution < -0.4 is 10.1 Å². The summed E-state index contributed by atoms with van der Waals surface area (Å²) < 4.78 is 21.2. The number of carbonyl (C=O) groups excluding carboxylic acids is 2. The van der Waals surface area contributed by atoms with E-state index in [1.54, 1.807) is 53.2 Å². The molecule has 1 amide bonds. The third-order valence-electron chi connectivity index (χ3n) is 6.33. The monoisotopic (exact) mass is 553 g/mol. The van der Waals surface area contributed by atoms with Crippen molar-refractivity contribution in [2.24, 2.45) is 0 Å². The Bertz CT molecular complexity index is 1710. The van der Waals surface area contributed by atoms with Gasteiger partial charge in [0.2, 0.25) is 5.88 Å². The Morgan fingerprint density at radius 3 is 2.17 bits per heavy atom. The Morgan fingerprint density at radius 2 is 1.52 bits per heavy atom. The molecular formula is C32H25ClFN3O3. The molecule has 5 rings (SSSR count). The van der Waals surface area contributed by atoms with Crippen molar-refractivity contribution in [2.75, 3.05) is 5.32 Å². The molecule has 0 radical (unpaired) electrons. The van der Waals surface area contributed by atoms with Gasteiger partial charge in [0.1, 0.15) is 11.5 Å². The molecule has 0 fully saturated rings. The first-order chi connectivity index (χ1) is 19.2. The molecular weight excluding hydrogens is 529 g/mol. The van der Waals surface area contributed by atoms with Crippen molar-refractivity contribution in [1.82, 2.24) is 9.78 Å². The van der Waals surface area contributed by atoms with Crippen molar-refractivity contribution in [1.29, 1.82) is 0 Å². The Hall–Kier alpha value is -4.75. The van der Waals surface area contributed by atoms with Gasteiger partial charge in [-0.1, -0.05) is 35.9 Å². The van der Waals surface area contributed by atoms with E-state index in [0.29, 0.717) is 38.7 Å². The average molecular weight is 554 g/mol. The first-order valence-electron chi connectivity index (χ1n) is 12.5. The number of esters is 1. The normalized spacial score (nSPS) is 10.8. The lowest BCUT2D eigenvalue weighted by atomic mass is 10.0. The van der Waals surface area contributed by atoms with E-state index in [9.17, 15) is 14.0 Å². The van der Waals surface area contributed by atoms with Gasteiger partial charge in [0.15, 0.2) is 0 Å². The zero-order valence-electron chi connectivity index (χ0n) is 22.0. The molecule has 6 nitrogen and oxygen atoms in total. The van der Waals surface area contributed by atoms with Crippen LogP contribution in [0.15, 0.2) is 91.0 Å². The summed E-state index contributed by atoms with van der Waals surface area (Å²) in [4.78, 5) is 25.0. The maximum absolute atomic E-state index is 13.8. The van der Waals surface area contributed by atoms with Crippen molar-refractivity contribution < 1.29 is 18.7 Å². The van der Waals surface area contributed by atoms with Gasteiger partial charge >= 0.3 is 5.97 Å². The Kier molecular flexibility index (Phi) is 7.49. The van der Waals surface area contributed by atoms with Gasteiger partial charge < -0.3 is 10.1 Å². The third kappa shape index (κ3) is 5.65. The number of hydrogen-bond donors (Lipinski definition) is 1. The highest BCUT2D eigenvalue weighted by atomic mass is 35.5. The van der Waals surface area contributed by atoms with Crippen LogP contribution in [-0.2, 0) is 4.79 Å². The predicted octanol–water partition coefficient (Wildman–Crippen LogP) is 7.79. The molecule has 4 aromatic carbocycles. The molecule has 200 valence electrons. The van der Waals surface area contributed by atoms with Gasteiger partial charge in [-0.25, -0.2) is 4.39 Å². The second-order valence-electron chi connectivity index (χ2n) is 9.37. The van der Waals surface area contributed by atoms with E-state index in [1.165, 1.54) is 19.1 Å². The second kappa shape index (κ2) is 11.2. The quantitative estimate of drug-likeness (QED) is 0.218. The number of anilines is 1. The molecule has 0 saturated heterocycles. The number of rotatable bonds is 6. The Balaban J connectivity index is 1.63. The standard InChI is InChI=1S/C32H25ClFN3O3/c1-19-4-5-20(2)28(18-19)37-32(40-21(3)38)29(30(36-37)23-8-14-26(34)15-9-23)22-10-16-27(17-11-22)35-31(39)24-6-12-25(33)13-7-24/h4-18H,1-3H3,(H,35,39). The summed E-state index contributed by atoms with van der Waals surface area (Å²) in [5, 5.41) is 8.28. The minimum atomic E-state index is -0.509. The van der Waals surface area contributed by atoms with E-state index in [0.717, 1.165) is 16.8 Å². The predicted molar refractivity (Wildman–Crippen MR) is 155 cm³/mol. The van der Waals surface area contributed by atoms with E-state index in [1.807, 2.05) is 44.2 Å². The van der Waals surface area contributed by atoms with Crippen molar-refractivity contribution in [3.63, 3.8) is 0 Å². The molecule has 0 atom stereocenters. The molecule has 1 N–H and O–H groups in total. The van der Waals surface area contributed by atoms with Gasteiger partial charge in [-0.15, -0.1) is 0 Å². The molecule has 0 aliphatic heterocycles. The summed E-state index contributed by atoms with van der Waals surface area (Å²) in [7, 11) is 0. The zero-order valence-corrected chi connectivity index (χ0v) is 22.8. The highest BCUT2D eigenvalue weighted by molar-refractivity contribution is 6.30. The first kappa shape index (κ1) is 26.8. The minimum Gasteiger partial charge on any atom is -0.407 e.